The lowest BCUT2D eigenvalue weighted by atomic mass is 9.98. The summed E-state index contributed by atoms with van der Waals surface area (Å²) in [5.74, 6) is -2.72. The van der Waals surface area contributed by atoms with Gasteiger partial charge in [-0.1, -0.05) is 42.5 Å². The van der Waals surface area contributed by atoms with Gasteiger partial charge in [0.1, 0.15) is 12.4 Å². The normalized spacial score (nSPS) is 12.8. The van der Waals surface area contributed by atoms with Crippen LogP contribution in [-0.4, -0.2) is 66.4 Å². The maximum Gasteiger partial charge on any atom is 0.414 e. The van der Waals surface area contributed by atoms with E-state index >= 15 is 0 Å². The quantitative estimate of drug-likeness (QED) is 0.203. The van der Waals surface area contributed by atoms with Crippen molar-refractivity contribution in [3.05, 3.63) is 83.9 Å². The zero-order valence-electron chi connectivity index (χ0n) is 22.8. The number of amides is 2. The molecule has 4 N–H and O–H groups in total. The highest BCUT2D eigenvalue weighted by Crippen LogP contribution is 2.40. The van der Waals surface area contributed by atoms with E-state index in [-0.39, 0.29) is 6.03 Å². The summed E-state index contributed by atoms with van der Waals surface area (Å²) in [5, 5.41) is 21.6. The molecule has 0 atom stereocenters. The van der Waals surface area contributed by atoms with Gasteiger partial charge in [0.15, 0.2) is 0 Å². The van der Waals surface area contributed by atoms with Crippen LogP contribution in [0.5, 0.6) is 5.75 Å². The minimum absolute atomic E-state index is 0.221. The van der Waals surface area contributed by atoms with E-state index in [4.69, 9.17) is 24.5 Å². The molecule has 0 spiro atoms. The molecule has 4 aromatic rings. The molecular weight excluding hydrogens is 542 g/mol. The van der Waals surface area contributed by atoms with Gasteiger partial charge in [0, 0.05) is 28.9 Å². The molecule has 0 radical (unpaired) electrons. The lowest BCUT2D eigenvalue weighted by Gasteiger charge is -2.15. The molecule has 1 aliphatic heterocycles. The SMILES string of the molecule is CNC(=O)Nc1cccc(-c2sc3ccccc3c2Cc2ccc(OCCN3CCCC3)cc2)c1.O=C(O)C(=O)O. The Hall–Kier alpha value is -4.41. The van der Waals surface area contributed by atoms with Gasteiger partial charge >= 0.3 is 18.0 Å². The molecule has 214 valence electrons. The number of rotatable bonds is 8. The van der Waals surface area contributed by atoms with Crippen molar-refractivity contribution in [3.63, 3.8) is 0 Å². The first-order valence-corrected chi connectivity index (χ1v) is 14.2. The average molecular weight is 576 g/mol. The number of nitrogens with one attached hydrogen (secondary N) is 2. The fourth-order valence-corrected chi connectivity index (χ4v) is 5.86. The van der Waals surface area contributed by atoms with Gasteiger partial charge in [-0.25, -0.2) is 14.4 Å². The van der Waals surface area contributed by atoms with Gasteiger partial charge in [0.25, 0.3) is 0 Å². The monoisotopic (exact) mass is 575 g/mol. The Morgan fingerprint density at radius 3 is 2.32 bits per heavy atom. The lowest BCUT2D eigenvalue weighted by Crippen LogP contribution is -2.25. The average Bonchev–Trinajstić information content (AvgIpc) is 3.63. The number of ether oxygens (including phenoxy) is 1. The first-order chi connectivity index (χ1) is 19.8. The second kappa shape index (κ2) is 14.3. The number of nitrogens with zero attached hydrogens (tertiary/aromatic N) is 1. The molecule has 5 rings (SSSR count). The van der Waals surface area contributed by atoms with E-state index in [9.17, 15) is 4.79 Å². The first-order valence-electron chi connectivity index (χ1n) is 13.3. The van der Waals surface area contributed by atoms with Gasteiger partial charge < -0.3 is 25.6 Å². The second-order valence-electron chi connectivity index (χ2n) is 9.52. The number of anilines is 1. The number of carbonyl (C=O) groups is 3. The molecule has 1 aliphatic rings. The van der Waals surface area contributed by atoms with Crippen molar-refractivity contribution in [1.29, 1.82) is 0 Å². The van der Waals surface area contributed by atoms with Gasteiger partial charge in [-0.3, -0.25) is 4.90 Å². The van der Waals surface area contributed by atoms with E-state index in [1.165, 1.54) is 52.0 Å². The molecule has 0 bridgehead atoms. The van der Waals surface area contributed by atoms with E-state index in [1.54, 1.807) is 18.4 Å². The molecule has 0 aliphatic carbocycles. The first kappa shape index (κ1) is 29.6. The fraction of sp³-hybridized carbons (Fsp3) is 0.258. The van der Waals surface area contributed by atoms with Crippen molar-refractivity contribution in [2.75, 3.05) is 38.6 Å². The highest BCUT2D eigenvalue weighted by molar-refractivity contribution is 7.22. The number of likely N-dealkylation sites (tertiary alicyclic amines) is 1. The number of carboxylic acid groups (broad SMARTS) is 2. The third-order valence-corrected chi connectivity index (χ3v) is 7.93. The number of benzene rings is 3. The highest BCUT2D eigenvalue weighted by Gasteiger charge is 2.15. The van der Waals surface area contributed by atoms with Crippen LogP contribution in [0.25, 0.3) is 20.5 Å². The number of fused-ring (bicyclic) bond motifs is 1. The van der Waals surface area contributed by atoms with E-state index in [2.05, 4.69) is 70.1 Å². The molecule has 3 aromatic carbocycles. The molecule has 9 nitrogen and oxygen atoms in total. The summed E-state index contributed by atoms with van der Waals surface area (Å²) in [6.07, 6.45) is 3.45. The van der Waals surface area contributed by atoms with E-state index in [0.29, 0.717) is 0 Å². The molecule has 1 saturated heterocycles. The molecular formula is C31H33N3O6S. The van der Waals surface area contributed by atoms with Crippen molar-refractivity contribution in [1.82, 2.24) is 10.2 Å². The van der Waals surface area contributed by atoms with E-state index < -0.39 is 11.9 Å². The Morgan fingerprint density at radius 1 is 0.927 bits per heavy atom. The minimum atomic E-state index is -1.82. The number of carboxylic acids is 2. The third-order valence-electron chi connectivity index (χ3n) is 6.67. The largest absolute Gasteiger partial charge is 0.492 e. The molecule has 0 unspecified atom stereocenters. The molecule has 1 fully saturated rings. The maximum atomic E-state index is 11.8. The van der Waals surface area contributed by atoms with Gasteiger partial charge in [-0.15, -0.1) is 11.3 Å². The van der Waals surface area contributed by atoms with Crippen molar-refractivity contribution < 1.29 is 29.3 Å². The summed E-state index contributed by atoms with van der Waals surface area (Å²) in [5.41, 5.74) is 4.45. The zero-order valence-corrected chi connectivity index (χ0v) is 23.6. The van der Waals surface area contributed by atoms with Crippen LogP contribution < -0.4 is 15.4 Å². The van der Waals surface area contributed by atoms with Gasteiger partial charge in [0.05, 0.1) is 0 Å². The Labute approximate surface area is 242 Å². The van der Waals surface area contributed by atoms with Crippen LogP contribution in [0.4, 0.5) is 10.5 Å². The highest BCUT2D eigenvalue weighted by atomic mass is 32.1. The predicted octanol–water partition coefficient (Wildman–Crippen LogP) is 5.54. The lowest BCUT2D eigenvalue weighted by molar-refractivity contribution is -0.159. The molecule has 10 heteroatoms. The van der Waals surface area contributed by atoms with Gasteiger partial charge in [0.2, 0.25) is 0 Å². The summed E-state index contributed by atoms with van der Waals surface area (Å²) >= 11 is 1.80. The maximum absolute atomic E-state index is 11.8. The van der Waals surface area contributed by atoms with E-state index in [0.717, 1.165) is 36.6 Å². The van der Waals surface area contributed by atoms with Crippen molar-refractivity contribution in [3.8, 4) is 16.2 Å². The fourth-order valence-electron chi connectivity index (χ4n) is 4.65. The standard InChI is InChI=1S/C29H31N3O2S.C2H2O4/c1-30-29(33)31-23-8-6-7-22(20-23)28-26(25-9-2-3-10-27(25)35-28)19-21-11-13-24(14-12-21)34-18-17-32-15-4-5-16-32;3-1(4)2(5)6/h2-3,6-14,20H,4-5,15-19H2,1H3,(H2,30,31,33);(H,3,4)(H,5,6). The van der Waals surface area contributed by atoms with Crippen LogP contribution in [0.3, 0.4) is 0 Å². The topological polar surface area (TPSA) is 128 Å². The number of hydrogen-bond acceptors (Lipinski definition) is 6. The van der Waals surface area contributed by atoms with Crippen LogP contribution in [0, 0.1) is 0 Å². The van der Waals surface area contributed by atoms with Crippen LogP contribution in [0.15, 0.2) is 72.8 Å². The number of hydrogen-bond donors (Lipinski definition) is 4. The minimum Gasteiger partial charge on any atom is -0.492 e. The Bertz CT molecular complexity index is 1480. The summed E-state index contributed by atoms with van der Waals surface area (Å²) in [4.78, 5) is 33.7. The Morgan fingerprint density at radius 2 is 1.63 bits per heavy atom. The van der Waals surface area contributed by atoms with Crippen molar-refractivity contribution in [2.45, 2.75) is 19.3 Å². The van der Waals surface area contributed by atoms with Crippen LogP contribution in [0.1, 0.15) is 24.0 Å². The summed E-state index contributed by atoms with van der Waals surface area (Å²) in [6.45, 7) is 4.13. The number of aliphatic carboxylic acids is 2. The number of thiophene rings is 1. The molecule has 2 amide bonds. The van der Waals surface area contributed by atoms with Gasteiger partial charge in [-0.05, 0) is 84.8 Å². The summed E-state index contributed by atoms with van der Waals surface area (Å²) in [6, 6.07) is 24.9. The van der Waals surface area contributed by atoms with Crippen molar-refractivity contribution in [2.24, 2.45) is 0 Å². The molecule has 2 heterocycles. The Kier molecular flexibility index (Phi) is 10.3. The van der Waals surface area contributed by atoms with Crippen LogP contribution >= 0.6 is 11.3 Å². The smallest absolute Gasteiger partial charge is 0.414 e. The summed E-state index contributed by atoms with van der Waals surface area (Å²) < 4.78 is 7.26. The molecule has 0 saturated carbocycles. The predicted molar refractivity (Wildman–Crippen MR) is 161 cm³/mol. The number of carbonyl (C=O) groups excluding carboxylic acids is 1. The third kappa shape index (κ3) is 8.29. The van der Waals surface area contributed by atoms with Crippen LogP contribution in [-0.2, 0) is 16.0 Å². The Balaban J connectivity index is 0.000000585. The number of urea groups is 1. The molecule has 1 aromatic heterocycles. The van der Waals surface area contributed by atoms with Gasteiger partial charge in [-0.2, -0.15) is 0 Å². The molecule has 41 heavy (non-hydrogen) atoms. The van der Waals surface area contributed by atoms with Crippen molar-refractivity contribution >= 4 is 45.1 Å². The summed E-state index contributed by atoms with van der Waals surface area (Å²) in [7, 11) is 1.62. The second-order valence-corrected chi connectivity index (χ2v) is 10.6. The van der Waals surface area contributed by atoms with Crippen LogP contribution in [0.2, 0.25) is 0 Å². The van der Waals surface area contributed by atoms with E-state index in [1.807, 2.05) is 18.2 Å². The zero-order chi connectivity index (χ0) is 29.2.